The molecule has 2 N–H and O–H groups in total. The number of pyridine rings is 1. The number of nitrogens with one attached hydrogen (secondary N) is 2. The van der Waals surface area contributed by atoms with Gasteiger partial charge in [0.2, 0.25) is 0 Å². The van der Waals surface area contributed by atoms with Gasteiger partial charge in [-0.25, -0.2) is 19.4 Å². The highest BCUT2D eigenvalue weighted by Gasteiger charge is 2.23. The molecule has 0 unspecified atom stereocenters. The lowest BCUT2D eigenvalue weighted by Gasteiger charge is -2.23. The minimum absolute atomic E-state index is 0.130. The minimum atomic E-state index is -0.385. The summed E-state index contributed by atoms with van der Waals surface area (Å²) in [5.74, 6) is 0.381. The van der Waals surface area contributed by atoms with Gasteiger partial charge in [0, 0.05) is 56.8 Å². The Balaban J connectivity index is 1.34. The fourth-order valence-electron chi connectivity index (χ4n) is 3.93. The molecule has 4 amide bonds. The average molecular weight is 453 g/mol. The number of rotatable bonds is 5. The van der Waals surface area contributed by atoms with Gasteiger partial charge in [-0.2, -0.15) is 0 Å². The van der Waals surface area contributed by atoms with E-state index in [1.165, 1.54) is 6.20 Å². The topological polar surface area (TPSA) is 107 Å². The number of urea groups is 2. The van der Waals surface area contributed by atoms with Crippen molar-refractivity contribution in [1.82, 2.24) is 15.2 Å². The molecule has 10 heteroatoms. The molecule has 2 aromatic rings. The van der Waals surface area contributed by atoms with Crippen molar-refractivity contribution in [3.8, 4) is 0 Å². The lowest BCUT2D eigenvalue weighted by atomic mass is 10.2. The van der Waals surface area contributed by atoms with Crippen molar-refractivity contribution in [3.63, 3.8) is 0 Å². The predicted molar refractivity (Wildman–Crippen MR) is 125 cm³/mol. The quantitative estimate of drug-likeness (QED) is 0.675. The van der Waals surface area contributed by atoms with E-state index in [1.54, 1.807) is 22.8 Å². The molecular formula is C23H28N6O4. The number of ether oxygens (including phenoxy) is 1. The van der Waals surface area contributed by atoms with Crippen molar-refractivity contribution < 1.29 is 19.1 Å². The molecule has 4 rings (SSSR count). The predicted octanol–water partition coefficient (Wildman–Crippen LogP) is 2.53. The molecule has 0 radical (unpaired) electrons. The summed E-state index contributed by atoms with van der Waals surface area (Å²) in [4.78, 5) is 46.6. The Labute approximate surface area is 192 Å². The van der Waals surface area contributed by atoms with Crippen LogP contribution in [0.1, 0.15) is 23.7 Å². The van der Waals surface area contributed by atoms with Crippen LogP contribution in [0.3, 0.4) is 0 Å². The van der Waals surface area contributed by atoms with Gasteiger partial charge in [0.05, 0.1) is 12.2 Å². The number of hydrogen-bond donors (Lipinski definition) is 2. The average Bonchev–Trinajstić information content (AvgIpc) is 3.10. The normalized spacial score (nSPS) is 16.3. The fraction of sp³-hybridized carbons (Fsp3) is 0.391. The largest absolute Gasteiger partial charge is 0.462 e. The highest BCUT2D eigenvalue weighted by atomic mass is 16.5. The number of anilines is 3. The van der Waals surface area contributed by atoms with Crippen LogP contribution in [0.15, 0.2) is 42.6 Å². The molecule has 0 aliphatic carbocycles. The summed E-state index contributed by atoms with van der Waals surface area (Å²) in [6.45, 7) is 5.86. The summed E-state index contributed by atoms with van der Waals surface area (Å²) in [6, 6.07) is 10.5. The third-order valence-corrected chi connectivity index (χ3v) is 5.63. The van der Waals surface area contributed by atoms with Crippen LogP contribution >= 0.6 is 0 Å². The number of amides is 4. The van der Waals surface area contributed by atoms with Crippen LogP contribution in [0.25, 0.3) is 0 Å². The summed E-state index contributed by atoms with van der Waals surface area (Å²) in [7, 11) is 0. The van der Waals surface area contributed by atoms with E-state index < -0.39 is 0 Å². The first kappa shape index (κ1) is 22.4. The number of carbonyl (C=O) groups excluding carboxylic acids is 3. The Bertz CT molecular complexity index is 1010. The van der Waals surface area contributed by atoms with Crippen LogP contribution in [0.2, 0.25) is 0 Å². The van der Waals surface area contributed by atoms with Crippen LogP contribution in [0.4, 0.5) is 26.8 Å². The molecule has 0 bridgehead atoms. The number of hydrogen-bond acceptors (Lipinski definition) is 6. The molecule has 2 fully saturated rings. The highest BCUT2D eigenvalue weighted by Crippen LogP contribution is 2.22. The van der Waals surface area contributed by atoms with Crippen molar-refractivity contribution in [1.29, 1.82) is 0 Å². The van der Waals surface area contributed by atoms with E-state index in [4.69, 9.17) is 4.74 Å². The van der Waals surface area contributed by atoms with Gasteiger partial charge in [-0.05, 0) is 43.7 Å². The maximum atomic E-state index is 12.9. The van der Waals surface area contributed by atoms with Crippen LogP contribution < -0.4 is 20.4 Å². The van der Waals surface area contributed by atoms with Crippen molar-refractivity contribution >= 4 is 35.2 Å². The summed E-state index contributed by atoms with van der Waals surface area (Å²) < 4.78 is 5.00. The smallest absolute Gasteiger partial charge is 0.339 e. The van der Waals surface area contributed by atoms with Crippen molar-refractivity contribution in [3.05, 3.63) is 48.2 Å². The zero-order valence-corrected chi connectivity index (χ0v) is 18.6. The SMILES string of the molecule is CCOC(=O)c1ccc(N2CCCN(C(=O)Nc3cccc(N4CCNC4=O)c3)CC2)nc1. The van der Waals surface area contributed by atoms with Crippen LogP contribution in [0, 0.1) is 0 Å². The van der Waals surface area contributed by atoms with Gasteiger partial charge in [-0.15, -0.1) is 0 Å². The van der Waals surface area contributed by atoms with Crippen LogP contribution in [-0.4, -0.2) is 73.8 Å². The van der Waals surface area contributed by atoms with E-state index >= 15 is 0 Å². The minimum Gasteiger partial charge on any atom is -0.462 e. The van der Waals surface area contributed by atoms with Gasteiger partial charge in [0.1, 0.15) is 5.82 Å². The molecule has 33 heavy (non-hydrogen) atoms. The molecule has 3 heterocycles. The zero-order valence-electron chi connectivity index (χ0n) is 18.6. The molecule has 2 aliphatic heterocycles. The molecule has 0 spiro atoms. The third-order valence-electron chi connectivity index (χ3n) is 5.63. The van der Waals surface area contributed by atoms with Gasteiger partial charge < -0.3 is 25.2 Å². The lowest BCUT2D eigenvalue weighted by molar-refractivity contribution is 0.0526. The van der Waals surface area contributed by atoms with E-state index in [0.29, 0.717) is 50.6 Å². The second-order valence-electron chi connectivity index (χ2n) is 7.82. The number of carbonyl (C=O) groups is 3. The van der Waals surface area contributed by atoms with Gasteiger partial charge in [-0.1, -0.05) is 6.07 Å². The van der Waals surface area contributed by atoms with Gasteiger partial charge in [0.15, 0.2) is 0 Å². The van der Waals surface area contributed by atoms with Crippen molar-refractivity contribution in [2.24, 2.45) is 0 Å². The van der Waals surface area contributed by atoms with Gasteiger partial charge in [0.25, 0.3) is 0 Å². The van der Waals surface area contributed by atoms with E-state index in [1.807, 2.05) is 30.3 Å². The molecule has 0 atom stereocenters. The van der Waals surface area contributed by atoms with E-state index in [9.17, 15) is 14.4 Å². The first-order valence-electron chi connectivity index (χ1n) is 11.1. The van der Waals surface area contributed by atoms with E-state index in [-0.39, 0.29) is 18.0 Å². The molecule has 10 nitrogen and oxygen atoms in total. The Kier molecular flexibility index (Phi) is 6.92. The first-order valence-corrected chi connectivity index (χ1v) is 11.1. The van der Waals surface area contributed by atoms with E-state index in [0.717, 1.165) is 24.5 Å². The van der Waals surface area contributed by atoms with Crippen LogP contribution in [-0.2, 0) is 4.74 Å². The Hall–Kier alpha value is -3.82. The van der Waals surface area contributed by atoms with Crippen molar-refractivity contribution in [2.45, 2.75) is 13.3 Å². The first-order chi connectivity index (χ1) is 16.0. The van der Waals surface area contributed by atoms with Crippen molar-refractivity contribution in [2.75, 3.05) is 61.0 Å². The second-order valence-corrected chi connectivity index (χ2v) is 7.82. The second kappa shape index (κ2) is 10.2. The number of benzene rings is 1. The molecular weight excluding hydrogens is 424 g/mol. The maximum Gasteiger partial charge on any atom is 0.339 e. The Morgan fingerprint density at radius 1 is 1.12 bits per heavy atom. The third kappa shape index (κ3) is 5.33. The van der Waals surface area contributed by atoms with Crippen LogP contribution in [0.5, 0.6) is 0 Å². The molecule has 2 aliphatic rings. The maximum absolute atomic E-state index is 12.9. The van der Waals surface area contributed by atoms with Gasteiger partial charge in [-0.3, -0.25) is 4.90 Å². The molecule has 1 aromatic carbocycles. The Morgan fingerprint density at radius 3 is 2.73 bits per heavy atom. The molecule has 1 aromatic heterocycles. The highest BCUT2D eigenvalue weighted by molar-refractivity contribution is 5.96. The lowest BCUT2D eigenvalue weighted by Crippen LogP contribution is -2.38. The fourth-order valence-corrected chi connectivity index (χ4v) is 3.93. The summed E-state index contributed by atoms with van der Waals surface area (Å²) >= 11 is 0. The molecule has 2 saturated heterocycles. The Morgan fingerprint density at radius 2 is 2.00 bits per heavy atom. The van der Waals surface area contributed by atoms with E-state index in [2.05, 4.69) is 20.5 Å². The zero-order chi connectivity index (χ0) is 23.2. The standard InChI is InChI=1S/C23H28N6O4/c1-2-33-21(30)17-7-8-20(25-16-17)27-10-4-11-28(14-13-27)23(32)26-18-5-3-6-19(15-18)29-12-9-24-22(29)31/h3,5-8,15-16H,2,4,9-14H2,1H3,(H,24,31)(H,26,32). The monoisotopic (exact) mass is 452 g/mol. The van der Waals surface area contributed by atoms with Gasteiger partial charge >= 0.3 is 18.0 Å². The number of nitrogens with zero attached hydrogens (tertiary/aromatic N) is 4. The molecule has 0 saturated carbocycles. The summed E-state index contributed by atoms with van der Waals surface area (Å²) in [5, 5.41) is 5.73. The number of esters is 1. The summed E-state index contributed by atoms with van der Waals surface area (Å²) in [5.41, 5.74) is 1.82. The summed E-state index contributed by atoms with van der Waals surface area (Å²) in [6.07, 6.45) is 2.32. The number of aromatic nitrogens is 1. The molecule has 174 valence electrons.